The van der Waals surface area contributed by atoms with E-state index in [4.69, 9.17) is 11.6 Å². The van der Waals surface area contributed by atoms with Crippen molar-refractivity contribution in [1.82, 2.24) is 9.97 Å². The summed E-state index contributed by atoms with van der Waals surface area (Å²) in [5.74, 6) is 0.161. The van der Waals surface area contributed by atoms with Gasteiger partial charge in [-0.05, 0) is 36.1 Å². The second-order valence-corrected chi connectivity index (χ2v) is 7.08. The van der Waals surface area contributed by atoms with Gasteiger partial charge in [-0.25, -0.2) is 14.4 Å². The highest BCUT2D eigenvalue weighted by molar-refractivity contribution is 7.28. The zero-order valence-electron chi connectivity index (χ0n) is 10.9. The van der Waals surface area contributed by atoms with Gasteiger partial charge in [0.05, 0.1) is 15.8 Å². The van der Waals surface area contributed by atoms with Gasteiger partial charge in [0.25, 0.3) is 0 Å². The van der Waals surface area contributed by atoms with Crippen molar-refractivity contribution in [2.24, 2.45) is 0 Å². The monoisotopic (exact) mass is 334 g/mol. The highest BCUT2D eigenvalue weighted by atomic mass is 35.5. The van der Waals surface area contributed by atoms with Crippen LogP contribution in [0.1, 0.15) is 5.56 Å². The van der Waals surface area contributed by atoms with Crippen LogP contribution in [-0.2, 0) is 0 Å². The molecule has 4 rings (SSSR count). The standard InChI is InChI=1S/C15H8ClFN2S2/c1-7-2-3-8(17)12-13(7)18-15(19-14(12)16)11-6-10-9(21-11)4-5-20-10/h2-6H,1H3. The first-order valence-corrected chi connectivity index (χ1v) is 8.30. The minimum absolute atomic E-state index is 0.160. The summed E-state index contributed by atoms with van der Waals surface area (Å²) in [5.41, 5.74) is 1.46. The van der Waals surface area contributed by atoms with Crippen molar-refractivity contribution in [2.45, 2.75) is 6.92 Å². The summed E-state index contributed by atoms with van der Waals surface area (Å²) in [6.45, 7) is 1.89. The molecule has 4 aromatic rings. The van der Waals surface area contributed by atoms with Gasteiger partial charge in [-0.1, -0.05) is 17.7 Å². The van der Waals surface area contributed by atoms with Crippen molar-refractivity contribution in [2.75, 3.05) is 0 Å². The van der Waals surface area contributed by atoms with Crippen molar-refractivity contribution >= 4 is 54.6 Å². The lowest BCUT2D eigenvalue weighted by Crippen LogP contribution is -1.94. The fourth-order valence-corrected chi connectivity index (χ4v) is 4.58. The summed E-state index contributed by atoms with van der Waals surface area (Å²) < 4.78 is 16.3. The van der Waals surface area contributed by atoms with Gasteiger partial charge in [0.2, 0.25) is 0 Å². The van der Waals surface area contributed by atoms with Crippen LogP contribution in [0.3, 0.4) is 0 Å². The zero-order valence-corrected chi connectivity index (χ0v) is 13.2. The van der Waals surface area contributed by atoms with Crippen LogP contribution in [-0.4, -0.2) is 9.97 Å². The molecule has 0 saturated carbocycles. The molecule has 0 N–H and O–H groups in total. The van der Waals surface area contributed by atoms with Crippen molar-refractivity contribution in [3.63, 3.8) is 0 Å². The lowest BCUT2D eigenvalue weighted by atomic mass is 10.1. The molecule has 0 saturated heterocycles. The molecule has 0 atom stereocenters. The van der Waals surface area contributed by atoms with E-state index in [2.05, 4.69) is 27.5 Å². The van der Waals surface area contributed by atoms with Crippen molar-refractivity contribution in [3.8, 4) is 10.7 Å². The lowest BCUT2D eigenvalue weighted by molar-refractivity contribution is 0.639. The van der Waals surface area contributed by atoms with Crippen LogP contribution in [0.4, 0.5) is 4.39 Å². The smallest absolute Gasteiger partial charge is 0.171 e. The summed E-state index contributed by atoms with van der Waals surface area (Å²) in [5, 5.41) is 2.50. The number of halogens is 2. The van der Waals surface area contributed by atoms with E-state index in [9.17, 15) is 4.39 Å². The summed E-state index contributed by atoms with van der Waals surface area (Å²) >= 11 is 9.47. The van der Waals surface area contributed by atoms with Crippen LogP contribution in [0.25, 0.3) is 31.0 Å². The predicted octanol–water partition coefficient (Wildman–Crippen LogP) is 5.67. The highest BCUT2D eigenvalue weighted by Crippen LogP contribution is 2.36. The SMILES string of the molecule is Cc1ccc(F)c2c(Cl)nc(-c3cc4sccc4s3)nc12. The Morgan fingerprint density at radius 2 is 2.00 bits per heavy atom. The molecule has 3 aromatic heterocycles. The Morgan fingerprint density at radius 3 is 2.81 bits per heavy atom. The first-order chi connectivity index (χ1) is 10.1. The molecule has 0 aliphatic heterocycles. The minimum Gasteiger partial charge on any atom is -0.227 e. The molecule has 0 aliphatic rings. The van der Waals surface area contributed by atoms with E-state index >= 15 is 0 Å². The zero-order chi connectivity index (χ0) is 14.6. The number of aryl methyl sites for hydroxylation is 1. The molecule has 0 fully saturated rings. The van der Waals surface area contributed by atoms with Crippen molar-refractivity contribution < 1.29 is 4.39 Å². The Bertz CT molecular complexity index is 962. The topological polar surface area (TPSA) is 25.8 Å². The second kappa shape index (κ2) is 4.73. The highest BCUT2D eigenvalue weighted by Gasteiger charge is 2.15. The molecule has 0 spiro atoms. The van der Waals surface area contributed by atoms with Crippen LogP contribution in [0, 0.1) is 12.7 Å². The van der Waals surface area contributed by atoms with E-state index in [0.29, 0.717) is 16.7 Å². The summed E-state index contributed by atoms with van der Waals surface area (Å²) in [6, 6.07) is 7.23. The first kappa shape index (κ1) is 13.1. The fraction of sp³-hybridized carbons (Fsp3) is 0.0667. The normalized spacial score (nSPS) is 11.6. The third-order valence-electron chi connectivity index (χ3n) is 3.32. The van der Waals surface area contributed by atoms with Gasteiger partial charge in [-0.15, -0.1) is 22.7 Å². The average molecular weight is 335 g/mol. The molecule has 21 heavy (non-hydrogen) atoms. The van der Waals surface area contributed by atoms with E-state index in [1.807, 2.05) is 6.92 Å². The molecule has 0 radical (unpaired) electrons. The first-order valence-electron chi connectivity index (χ1n) is 6.23. The third-order valence-corrected chi connectivity index (χ3v) is 5.68. The Kier molecular flexibility index (Phi) is 2.96. The number of nitrogens with zero attached hydrogens (tertiary/aromatic N) is 2. The van der Waals surface area contributed by atoms with Gasteiger partial charge in [0.15, 0.2) is 5.82 Å². The Labute approximate surface area is 132 Å². The molecule has 3 heterocycles. The fourth-order valence-electron chi connectivity index (χ4n) is 2.28. The van der Waals surface area contributed by atoms with Crippen LogP contribution in [0.15, 0.2) is 29.6 Å². The van der Waals surface area contributed by atoms with Crippen molar-refractivity contribution in [1.29, 1.82) is 0 Å². The number of benzene rings is 1. The molecule has 0 unspecified atom stereocenters. The molecule has 0 bridgehead atoms. The number of rotatable bonds is 1. The number of aromatic nitrogens is 2. The third kappa shape index (κ3) is 2.04. The maximum atomic E-state index is 13.9. The number of hydrogen-bond acceptors (Lipinski definition) is 4. The average Bonchev–Trinajstić information content (AvgIpc) is 3.03. The molecule has 1 aromatic carbocycles. The second-order valence-electron chi connectivity index (χ2n) is 4.69. The van der Waals surface area contributed by atoms with E-state index in [0.717, 1.165) is 10.4 Å². The quantitative estimate of drug-likeness (QED) is 0.419. The molecular weight excluding hydrogens is 327 g/mol. The van der Waals surface area contributed by atoms with Gasteiger partial charge in [0.1, 0.15) is 11.0 Å². The van der Waals surface area contributed by atoms with E-state index in [-0.39, 0.29) is 11.0 Å². The maximum Gasteiger partial charge on any atom is 0.171 e. The maximum absolute atomic E-state index is 13.9. The van der Waals surface area contributed by atoms with Crippen LogP contribution < -0.4 is 0 Å². The van der Waals surface area contributed by atoms with Crippen LogP contribution >= 0.6 is 34.3 Å². The minimum atomic E-state index is -0.390. The number of thiophene rings is 2. The Morgan fingerprint density at radius 1 is 1.14 bits per heavy atom. The molecule has 0 aliphatic carbocycles. The Hall–Kier alpha value is -1.56. The van der Waals surface area contributed by atoms with Gasteiger partial charge in [-0.2, -0.15) is 0 Å². The lowest BCUT2D eigenvalue weighted by Gasteiger charge is -2.06. The molecule has 0 amide bonds. The van der Waals surface area contributed by atoms with Gasteiger partial charge in [0, 0.05) is 9.40 Å². The van der Waals surface area contributed by atoms with Gasteiger partial charge < -0.3 is 0 Å². The van der Waals surface area contributed by atoms with E-state index in [1.165, 1.54) is 15.5 Å². The van der Waals surface area contributed by atoms with Gasteiger partial charge in [-0.3, -0.25) is 0 Å². The summed E-state index contributed by atoms with van der Waals surface area (Å²) in [6.07, 6.45) is 0. The summed E-state index contributed by atoms with van der Waals surface area (Å²) in [4.78, 5) is 9.75. The largest absolute Gasteiger partial charge is 0.227 e. The van der Waals surface area contributed by atoms with E-state index < -0.39 is 0 Å². The van der Waals surface area contributed by atoms with E-state index in [1.54, 1.807) is 28.7 Å². The molecule has 104 valence electrons. The molecule has 2 nitrogen and oxygen atoms in total. The predicted molar refractivity (Wildman–Crippen MR) is 87.9 cm³/mol. The molecule has 6 heteroatoms. The molecular formula is C15H8ClFN2S2. The number of fused-ring (bicyclic) bond motifs is 2. The summed E-state index contributed by atoms with van der Waals surface area (Å²) in [7, 11) is 0. The number of hydrogen-bond donors (Lipinski definition) is 0. The van der Waals surface area contributed by atoms with Crippen LogP contribution in [0.5, 0.6) is 0 Å². The Balaban J connectivity index is 2.02. The van der Waals surface area contributed by atoms with Crippen molar-refractivity contribution in [3.05, 3.63) is 46.2 Å². The van der Waals surface area contributed by atoms with Crippen LogP contribution in [0.2, 0.25) is 5.15 Å². The van der Waals surface area contributed by atoms with Gasteiger partial charge >= 0.3 is 0 Å².